The van der Waals surface area contributed by atoms with Crippen molar-refractivity contribution >= 4 is 33.9 Å². The van der Waals surface area contributed by atoms with Crippen LogP contribution >= 0.6 is 11.3 Å². The Morgan fingerprint density at radius 3 is 2.41 bits per heavy atom. The first-order valence-corrected chi connectivity index (χ1v) is 9.70. The first-order chi connectivity index (χ1) is 13.1. The molecule has 0 bridgehead atoms. The van der Waals surface area contributed by atoms with E-state index >= 15 is 0 Å². The normalized spacial score (nSPS) is 14.5. The van der Waals surface area contributed by atoms with Gasteiger partial charge in [0, 0.05) is 37.8 Å². The van der Waals surface area contributed by atoms with Crippen molar-refractivity contribution in [1.29, 1.82) is 0 Å². The molecule has 0 spiro atoms. The summed E-state index contributed by atoms with van der Waals surface area (Å²) in [5, 5.41) is 3.36. The minimum Gasteiger partial charge on any atom is -0.338 e. The molecule has 1 aromatic carbocycles. The maximum Gasteiger partial charge on any atom is 0.264 e. The number of fused-ring (bicyclic) bond motifs is 1. The Morgan fingerprint density at radius 1 is 0.926 bits per heavy atom. The van der Waals surface area contributed by atoms with Gasteiger partial charge in [-0.3, -0.25) is 14.4 Å². The lowest BCUT2D eigenvalue weighted by atomic mass is 10.2. The Balaban J connectivity index is 1.41. The van der Waals surface area contributed by atoms with Gasteiger partial charge in [-0.25, -0.2) is 0 Å². The molecule has 6 nitrogen and oxygen atoms in total. The van der Waals surface area contributed by atoms with Gasteiger partial charge in [0.05, 0.1) is 4.88 Å². The molecule has 3 aromatic rings. The Labute approximate surface area is 160 Å². The van der Waals surface area contributed by atoms with Crippen molar-refractivity contribution in [2.45, 2.75) is 6.54 Å². The molecular weight excluding hydrogens is 362 g/mol. The van der Waals surface area contributed by atoms with Crippen LogP contribution in [0.25, 0.3) is 10.8 Å². The van der Waals surface area contributed by atoms with Crippen molar-refractivity contribution in [3.05, 3.63) is 69.3 Å². The van der Waals surface area contributed by atoms with Gasteiger partial charge in [-0.1, -0.05) is 24.3 Å². The van der Waals surface area contributed by atoms with Crippen molar-refractivity contribution in [2.24, 2.45) is 0 Å². The monoisotopic (exact) mass is 381 g/mol. The second kappa shape index (κ2) is 7.36. The maximum absolute atomic E-state index is 12.6. The molecule has 27 heavy (non-hydrogen) atoms. The van der Waals surface area contributed by atoms with E-state index in [1.54, 1.807) is 22.1 Å². The lowest BCUT2D eigenvalue weighted by Crippen LogP contribution is -2.51. The summed E-state index contributed by atoms with van der Waals surface area (Å²) in [6.07, 6.45) is 1.67. The predicted molar refractivity (Wildman–Crippen MR) is 105 cm³/mol. The average Bonchev–Trinajstić information content (AvgIpc) is 3.25. The molecule has 1 aliphatic heterocycles. The third-order valence-corrected chi connectivity index (χ3v) is 5.70. The topological polar surface area (TPSA) is 62.6 Å². The highest BCUT2D eigenvalue weighted by Gasteiger charge is 2.25. The molecule has 0 saturated carbocycles. The molecule has 0 aliphatic carbocycles. The number of piperazine rings is 1. The standard InChI is InChI=1S/C20H19N3O3S/c24-18(14-23-8-7-15-4-1-2-5-16(15)19(23)25)21-9-11-22(12-10-21)20(26)17-6-3-13-27-17/h1-8,13H,9-12,14H2. The predicted octanol–water partition coefficient (Wildman–Crippen LogP) is 2.05. The van der Waals surface area contributed by atoms with Crippen LogP contribution in [0.1, 0.15) is 9.67 Å². The highest BCUT2D eigenvalue weighted by atomic mass is 32.1. The van der Waals surface area contributed by atoms with E-state index in [1.165, 1.54) is 15.9 Å². The van der Waals surface area contributed by atoms with E-state index in [2.05, 4.69) is 0 Å². The summed E-state index contributed by atoms with van der Waals surface area (Å²) < 4.78 is 1.45. The van der Waals surface area contributed by atoms with Crippen LogP contribution in [0, 0.1) is 0 Å². The number of rotatable bonds is 3. The molecule has 4 rings (SSSR count). The fourth-order valence-electron chi connectivity index (χ4n) is 3.32. The van der Waals surface area contributed by atoms with Gasteiger partial charge < -0.3 is 14.4 Å². The zero-order chi connectivity index (χ0) is 18.8. The van der Waals surface area contributed by atoms with Crippen molar-refractivity contribution in [3.63, 3.8) is 0 Å². The van der Waals surface area contributed by atoms with E-state index in [-0.39, 0.29) is 23.9 Å². The molecule has 1 saturated heterocycles. The van der Waals surface area contributed by atoms with Crippen LogP contribution in [0.15, 0.2) is 58.8 Å². The highest BCUT2D eigenvalue weighted by molar-refractivity contribution is 7.12. The number of nitrogens with zero attached hydrogens (tertiary/aromatic N) is 3. The van der Waals surface area contributed by atoms with Crippen LogP contribution < -0.4 is 5.56 Å². The third-order valence-electron chi connectivity index (χ3n) is 4.84. The number of amides is 2. The van der Waals surface area contributed by atoms with Crippen molar-refractivity contribution in [1.82, 2.24) is 14.4 Å². The van der Waals surface area contributed by atoms with E-state index in [0.29, 0.717) is 31.6 Å². The Kier molecular flexibility index (Phi) is 4.77. The summed E-state index contributed by atoms with van der Waals surface area (Å²) in [7, 11) is 0. The smallest absolute Gasteiger partial charge is 0.264 e. The van der Waals surface area contributed by atoms with Gasteiger partial charge in [-0.05, 0) is 29.0 Å². The van der Waals surface area contributed by atoms with Gasteiger partial charge in [-0.15, -0.1) is 11.3 Å². The molecule has 2 amide bonds. The molecule has 0 atom stereocenters. The summed E-state index contributed by atoms with van der Waals surface area (Å²) in [4.78, 5) is 41.8. The molecular formula is C20H19N3O3S. The number of aromatic nitrogens is 1. The fraction of sp³-hybridized carbons (Fsp3) is 0.250. The molecule has 1 aliphatic rings. The molecule has 0 radical (unpaired) electrons. The third kappa shape index (κ3) is 3.50. The van der Waals surface area contributed by atoms with Crippen LogP contribution in [0.4, 0.5) is 0 Å². The van der Waals surface area contributed by atoms with Gasteiger partial charge in [0.1, 0.15) is 6.54 Å². The second-order valence-electron chi connectivity index (χ2n) is 6.49. The first-order valence-electron chi connectivity index (χ1n) is 8.82. The Morgan fingerprint density at radius 2 is 1.67 bits per heavy atom. The molecule has 7 heteroatoms. The highest BCUT2D eigenvalue weighted by Crippen LogP contribution is 2.14. The fourth-order valence-corrected chi connectivity index (χ4v) is 4.01. The molecule has 138 valence electrons. The van der Waals surface area contributed by atoms with Gasteiger partial charge in [0.2, 0.25) is 5.91 Å². The lowest BCUT2D eigenvalue weighted by Gasteiger charge is -2.34. The van der Waals surface area contributed by atoms with Crippen LogP contribution in [0.5, 0.6) is 0 Å². The van der Waals surface area contributed by atoms with Crippen molar-refractivity contribution in [2.75, 3.05) is 26.2 Å². The lowest BCUT2D eigenvalue weighted by molar-refractivity contribution is -0.133. The SMILES string of the molecule is O=C(Cn1ccc2ccccc2c1=O)N1CCN(C(=O)c2cccs2)CC1. The number of hydrogen-bond acceptors (Lipinski definition) is 4. The number of thiophene rings is 1. The van der Waals surface area contributed by atoms with Crippen LogP contribution in [0.2, 0.25) is 0 Å². The maximum atomic E-state index is 12.6. The summed E-state index contributed by atoms with van der Waals surface area (Å²) >= 11 is 1.43. The van der Waals surface area contributed by atoms with Gasteiger partial charge >= 0.3 is 0 Å². The van der Waals surface area contributed by atoms with Crippen molar-refractivity contribution < 1.29 is 9.59 Å². The number of pyridine rings is 1. The van der Waals surface area contributed by atoms with Gasteiger partial charge in [0.25, 0.3) is 11.5 Å². The molecule has 3 heterocycles. The Bertz CT molecular complexity index is 1030. The van der Waals surface area contributed by atoms with Crippen LogP contribution in [-0.2, 0) is 11.3 Å². The zero-order valence-corrected chi connectivity index (χ0v) is 15.5. The number of carbonyl (C=O) groups is 2. The minimum absolute atomic E-state index is 0.0164. The zero-order valence-electron chi connectivity index (χ0n) is 14.7. The summed E-state index contributed by atoms with van der Waals surface area (Å²) in [5.74, 6) is -0.0848. The summed E-state index contributed by atoms with van der Waals surface area (Å²) in [6, 6.07) is 12.9. The Hall–Kier alpha value is -2.93. The van der Waals surface area contributed by atoms with Gasteiger partial charge in [0.15, 0.2) is 0 Å². The summed E-state index contributed by atoms with van der Waals surface area (Å²) in [6.45, 7) is 2.00. The van der Waals surface area contributed by atoms with E-state index in [9.17, 15) is 14.4 Å². The van der Waals surface area contributed by atoms with Crippen molar-refractivity contribution in [3.8, 4) is 0 Å². The molecule has 2 aromatic heterocycles. The van der Waals surface area contributed by atoms with E-state index in [4.69, 9.17) is 0 Å². The largest absolute Gasteiger partial charge is 0.338 e. The van der Waals surface area contributed by atoms with Gasteiger partial charge in [-0.2, -0.15) is 0 Å². The second-order valence-corrected chi connectivity index (χ2v) is 7.43. The number of benzene rings is 1. The summed E-state index contributed by atoms with van der Waals surface area (Å²) in [5.41, 5.74) is -0.159. The minimum atomic E-state index is -0.159. The average molecular weight is 381 g/mol. The van der Waals surface area contributed by atoms with Crippen LogP contribution in [-0.4, -0.2) is 52.4 Å². The number of hydrogen-bond donors (Lipinski definition) is 0. The quantitative estimate of drug-likeness (QED) is 0.698. The van der Waals surface area contributed by atoms with E-state index in [1.807, 2.05) is 41.8 Å². The molecule has 0 unspecified atom stereocenters. The first kappa shape index (κ1) is 17.5. The molecule has 1 fully saturated rings. The van der Waals surface area contributed by atoms with Crippen LogP contribution in [0.3, 0.4) is 0 Å². The van der Waals surface area contributed by atoms with E-state index in [0.717, 1.165) is 10.3 Å². The molecule has 0 N–H and O–H groups in total. The number of carbonyl (C=O) groups excluding carboxylic acids is 2. The van der Waals surface area contributed by atoms with E-state index < -0.39 is 0 Å².